The molecule has 0 saturated carbocycles. The van der Waals surface area contributed by atoms with Crippen LogP contribution in [0.25, 0.3) is 10.9 Å². The summed E-state index contributed by atoms with van der Waals surface area (Å²) in [5.41, 5.74) is 1.88. The van der Waals surface area contributed by atoms with E-state index in [1.165, 1.54) is 0 Å². The van der Waals surface area contributed by atoms with Gasteiger partial charge in [-0.3, -0.25) is 14.6 Å². The number of nitrogens with one attached hydrogen (secondary N) is 2. The van der Waals surface area contributed by atoms with Crippen molar-refractivity contribution < 1.29 is 24.3 Å². The van der Waals surface area contributed by atoms with Gasteiger partial charge in [0.2, 0.25) is 5.60 Å². The maximum Gasteiger partial charge on any atom is 0.326 e. The summed E-state index contributed by atoms with van der Waals surface area (Å²) in [7, 11) is 0. The third-order valence-corrected chi connectivity index (χ3v) is 7.36. The number of aromatic nitrogens is 1. The number of hydrogen-bond acceptors (Lipinski definition) is 6. The van der Waals surface area contributed by atoms with Gasteiger partial charge in [-0.1, -0.05) is 70.8 Å². The second-order valence-electron chi connectivity index (χ2n) is 9.73. The van der Waals surface area contributed by atoms with E-state index in [-0.39, 0.29) is 28.5 Å². The minimum atomic E-state index is -1.39. The van der Waals surface area contributed by atoms with Gasteiger partial charge < -0.3 is 20.6 Å². The highest BCUT2D eigenvalue weighted by atomic mass is 35.5. The topological polar surface area (TPSA) is 130 Å². The first-order valence-corrected chi connectivity index (χ1v) is 13.4. The number of aliphatic carboxylic acids is 1. The highest BCUT2D eigenvalue weighted by Gasteiger charge is 2.44. The number of carbonyl (C=O) groups is 3. The lowest BCUT2D eigenvalue weighted by Crippen LogP contribution is -2.51. The van der Waals surface area contributed by atoms with E-state index in [9.17, 15) is 19.5 Å². The van der Waals surface area contributed by atoms with E-state index in [1.807, 2.05) is 30.3 Å². The first kappa shape index (κ1) is 28.1. The van der Waals surface area contributed by atoms with Crippen LogP contribution < -0.4 is 10.6 Å². The van der Waals surface area contributed by atoms with Gasteiger partial charge in [0.25, 0.3) is 11.8 Å². The van der Waals surface area contributed by atoms with Gasteiger partial charge >= 0.3 is 5.97 Å². The molecule has 1 aromatic heterocycles. The Bertz CT molecular complexity index is 1670. The fourth-order valence-electron chi connectivity index (χ4n) is 4.52. The zero-order valence-electron chi connectivity index (χ0n) is 21.7. The summed E-state index contributed by atoms with van der Waals surface area (Å²) in [6, 6.07) is 19.5. The van der Waals surface area contributed by atoms with Crippen molar-refractivity contribution in [2.45, 2.75) is 31.4 Å². The molecule has 0 spiro atoms. The number of benzene rings is 3. The molecule has 2 atom stereocenters. The van der Waals surface area contributed by atoms with Crippen LogP contribution in [0, 0.1) is 0 Å². The third kappa shape index (κ3) is 6.01. The molecule has 3 N–H and O–H groups in total. The first-order chi connectivity index (χ1) is 19.6. The number of rotatable bonds is 8. The van der Waals surface area contributed by atoms with Crippen LogP contribution in [0.5, 0.6) is 0 Å². The molecule has 41 heavy (non-hydrogen) atoms. The molecule has 0 fully saturated rings. The number of carboxylic acid groups (broad SMARTS) is 1. The van der Waals surface area contributed by atoms with Gasteiger partial charge in [0.05, 0.1) is 26.8 Å². The van der Waals surface area contributed by atoms with Crippen molar-refractivity contribution in [3.05, 3.63) is 106 Å². The number of oxime groups is 1. The Labute approximate surface area is 245 Å². The standard InChI is InChI=1S/C30H24Cl2N4O5/c1-30(16-24(36-41-30)20-7-2-5-18-6-4-14-33-26(18)20)29(40)35-23(28(38)39)15-17-10-12-19(13-11-17)34-27(37)25-21(31)8-3-9-22(25)32/h2-14,23H,15-16H2,1H3,(H,34,37)(H,35,40)(H,38,39). The van der Waals surface area contributed by atoms with Crippen LogP contribution in [0.15, 0.2) is 84.1 Å². The Hall–Kier alpha value is -4.47. The monoisotopic (exact) mass is 590 g/mol. The summed E-state index contributed by atoms with van der Waals surface area (Å²) >= 11 is 12.2. The Kier molecular flexibility index (Phi) is 7.92. The van der Waals surface area contributed by atoms with Crippen molar-refractivity contribution >= 4 is 63.3 Å². The minimum Gasteiger partial charge on any atom is -0.480 e. The number of carboxylic acids is 1. The van der Waals surface area contributed by atoms with Crippen molar-refractivity contribution in [1.82, 2.24) is 10.3 Å². The average molecular weight is 591 g/mol. The molecule has 0 saturated heterocycles. The Balaban J connectivity index is 1.23. The van der Waals surface area contributed by atoms with Crippen molar-refractivity contribution in [2.75, 3.05) is 5.32 Å². The second-order valence-corrected chi connectivity index (χ2v) is 10.5. The van der Waals surface area contributed by atoms with Gasteiger partial charge in [0, 0.05) is 35.7 Å². The normalized spacial score (nSPS) is 16.9. The van der Waals surface area contributed by atoms with Gasteiger partial charge in [0.1, 0.15) is 6.04 Å². The number of fused-ring (bicyclic) bond motifs is 1. The Morgan fingerprint density at radius 2 is 1.68 bits per heavy atom. The SMILES string of the molecule is CC1(C(=O)NC(Cc2ccc(NC(=O)c3c(Cl)cccc3Cl)cc2)C(=O)O)CC(c2cccc3cccnc23)=NO1. The molecule has 0 bridgehead atoms. The number of halogens is 2. The Morgan fingerprint density at radius 3 is 2.39 bits per heavy atom. The Morgan fingerprint density at radius 1 is 1.00 bits per heavy atom. The number of hydrogen-bond donors (Lipinski definition) is 3. The fraction of sp³-hybridized carbons (Fsp3) is 0.167. The number of para-hydroxylation sites is 1. The molecule has 11 heteroatoms. The molecule has 1 aliphatic rings. The van der Waals surface area contributed by atoms with Crippen molar-refractivity contribution in [2.24, 2.45) is 5.16 Å². The van der Waals surface area contributed by atoms with E-state index in [2.05, 4.69) is 20.8 Å². The largest absolute Gasteiger partial charge is 0.480 e. The quantitative estimate of drug-likeness (QED) is 0.249. The minimum absolute atomic E-state index is 0.00266. The third-order valence-electron chi connectivity index (χ3n) is 6.73. The number of carbonyl (C=O) groups excluding carboxylic acids is 2. The van der Waals surface area contributed by atoms with E-state index in [1.54, 1.807) is 55.6 Å². The predicted octanol–water partition coefficient (Wildman–Crippen LogP) is 5.49. The van der Waals surface area contributed by atoms with Crippen LogP contribution in [0.2, 0.25) is 10.0 Å². The van der Waals surface area contributed by atoms with E-state index < -0.39 is 29.4 Å². The first-order valence-electron chi connectivity index (χ1n) is 12.6. The van der Waals surface area contributed by atoms with Gasteiger partial charge in [-0.25, -0.2) is 4.79 Å². The molecule has 9 nitrogen and oxygen atoms in total. The number of amides is 2. The van der Waals surface area contributed by atoms with E-state index >= 15 is 0 Å². The lowest BCUT2D eigenvalue weighted by molar-refractivity contribution is -0.148. The summed E-state index contributed by atoms with van der Waals surface area (Å²) < 4.78 is 0. The predicted molar refractivity (Wildman–Crippen MR) is 157 cm³/mol. The van der Waals surface area contributed by atoms with Crippen molar-refractivity contribution in [3.8, 4) is 0 Å². The molecular weight excluding hydrogens is 567 g/mol. The zero-order chi connectivity index (χ0) is 29.1. The van der Waals surface area contributed by atoms with Crippen molar-refractivity contribution in [1.29, 1.82) is 0 Å². The van der Waals surface area contributed by atoms with Gasteiger partial charge in [-0.05, 0) is 42.8 Å². The van der Waals surface area contributed by atoms with Crippen LogP contribution >= 0.6 is 23.2 Å². The molecule has 0 radical (unpaired) electrons. The number of anilines is 1. The molecular formula is C30H24Cl2N4O5. The number of pyridine rings is 1. The average Bonchev–Trinajstić information content (AvgIpc) is 3.36. The fourth-order valence-corrected chi connectivity index (χ4v) is 5.09. The second kappa shape index (κ2) is 11.6. The van der Waals surface area contributed by atoms with Gasteiger partial charge in [-0.15, -0.1) is 0 Å². The van der Waals surface area contributed by atoms with Gasteiger partial charge in [0.15, 0.2) is 0 Å². The van der Waals surface area contributed by atoms with E-state index in [4.69, 9.17) is 28.0 Å². The highest BCUT2D eigenvalue weighted by molar-refractivity contribution is 6.40. The van der Waals surface area contributed by atoms with Gasteiger partial charge in [-0.2, -0.15) is 0 Å². The molecule has 4 aromatic rings. The van der Waals surface area contributed by atoms with Crippen molar-refractivity contribution in [3.63, 3.8) is 0 Å². The van der Waals surface area contributed by atoms with Crippen LogP contribution in [-0.2, 0) is 20.8 Å². The summed E-state index contributed by atoms with van der Waals surface area (Å²) in [6.07, 6.45) is 1.83. The molecule has 0 aliphatic carbocycles. The van der Waals surface area contributed by atoms with E-state index in [0.717, 1.165) is 16.5 Å². The lowest BCUT2D eigenvalue weighted by Gasteiger charge is -2.23. The maximum absolute atomic E-state index is 13.2. The smallest absolute Gasteiger partial charge is 0.326 e. The lowest BCUT2D eigenvalue weighted by atomic mass is 9.93. The van der Waals surface area contributed by atoms with Crippen LogP contribution in [0.3, 0.4) is 0 Å². The molecule has 208 valence electrons. The maximum atomic E-state index is 13.2. The molecule has 1 aliphatic heterocycles. The van der Waals surface area contributed by atoms with E-state index in [0.29, 0.717) is 17.0 Å². The summed E-state index contributed by atoms with van der Waals surface area (Å²) in [5.74, 6) is -2.28. The summed E-state index contributed by atoms with van der Waals surface area (Å²) in [4.78, 5) is 47.9. The highest BCUT2D eigenvalue weighted by Crippen LogP contribution is 2.30. The molecule has 5 rings (SSSR count). The molecule has 3 aromatic carbocycles. The van der Waals surface area contributed by atoms with Crippen LogP contribution in [-0.4, -0.2) is 45.2 Å². The molecule has 2 heterocycles. The number of nitrogens with zero attached hydrogens (tertiary/aromatic N) is 2. The molecule has 2 amide bonds. The molecule has 2 unspecified atom stereocenters. The zero-order valence-corrected chi connectivity index (χ0v) is 23.2. The summed E-state index contributed by atoms with van der Waals surface area (Å²) in [6.45, 7) is 1.57. The van der Waals surface area contributed by atoms with Crippen LogP contribution in [0.4, 0.5) is 5.69 Å². The van der Waals surface area contributed by atoms with Crippen LogP contribution in [0.1, 0.15) is 34.8 Å². The summed E-state index contributed by atoms with van der Waals surface area (Å²) in [5, 5.41) is 20.7.